The fourth-order valence-electron chi connectivity index (χ4n) is 2.86. The van der Waals surface area contributed by atoms with Gasteiger partial charge < -0.3 is 10.1 Å². The topological polar surface area (TPSA) is 50.4 Å². The summed E-state index contributed by atoms with van der Waals surface area (Å²) in [4.78, 5) is 12.5. The number of benzene rings is 2. The Morgan fingerprint density at radius 3 is 2.33 bits per heavy atom. The highest BCUT2D eigenvalue weighted by atomic mass is 16.5. The van der Waals surface area contributed by atoms with Crippen molar-refractivity contribution in [2.75, 3.05) is 12.4 Å². The van der Waals surface area contributed by atoms with Crippen molar-refractivity contribution in [2.24, 2.45) is 5.92 Å². The van der Waals surface area contributed by atoms with Gasteiger partial charge in [0.05, 0.1) is 13.2 Å². The van der Waals surface area contributed by atoms with E-state index in [0.29, 0.717) is 5.92 Å². The summed E-state index contributed by atoms with van der Waals surface area (Å²) in [5.74, 6) is 1.38. The number of carbonyl (C=O) groups is 1. The molecule has 1 fully saturated rings. The average molecular weight is 324 g/mol. The fourth-order valence-corrected chi connectivity index (χ4v) is 2.86. The Balaban J connectivity index is 1.62. The van der Waals surface area contributed by atoms with Crippen LogP contribution < -0.4 is 15.4 Å². The van der Waals surface area contributed by atoms with E-state index in [1.54, 1.807) is 7.11 Å². The van der Waals surface area contributed by atoms with Crippen LogP contribution in [0.25, 0.3) is 0 Å². The molecule has 1 amide bonds. The van der Waals surface area contributed by atoms with Gasteiger partial charge in [0.2, 0.25) is 5.91 Å². The van der Waals surface area contributed by atoms with Crippen LogP contribution in [0.3, 0.4) is 0 Å². The molecule has 2 unspecified atom stereocenters. The number of nitrogens with one attached hydrogen (secondary N) is 2. The molecule has 1 aliphatic rings. The zero-order valence-corrected chi connectivity index (χ0v) is 14.2. The number of amides is 1. The molecular weight excluding hydrogens is 300 g/mol. The lowest BCUT2D eigenvalue weighted by Gasteiger charge is -2.23. The first-order chi connectivity index (χ1) is 11.7. The molecule has 0 bridgehead atoms. The Morgan fingerprint density at radius 2 is 1.75 bits per heavy atom. The highest BCUT2D eigenvalue weighted by Crippen LogP contribution is 2.41. The first-order valence-corrected chi connectivity index (χ1v) is 8.43. The van der Waals surface area contributed by atoms with Gasteiger partial charge in [0, 0.05) is 11.7 Å². The fraction of sp³-hybridized carbons (Fsp3) is 0.350. The molecule has 126 valence electrons. The van der Waals surface area contributed by atoms with Gasteiger partial charge in [-0.25, -0.2) is 0 Å². The van der Waals surface area contributed by atoms with Gasteiger partial charge >= 0.3 is 0 Å². The summed E-state index contributed by atoms with van der Waals surface area (Å²) >= 11 is 0. The molecule has 0 spiro atoms. The van der Waals surface area contributed by atoms with Crippen molar-refractivity contribution < 1.29 is 9.53 Å². The van der Waals surface area contributed by atoms with Gasteiger partial charge in [-0.3, -0.25) is 10.1 Å². The molecule has 4 heteroatoms. The van der Waals surface area contributed by atoms with Crippen molar-refractivity contribution in [1.29, 1.82) is 0 Å². The molecule has 0 saturated heterocycles. The smallest absolute Gasteiger partial charge is 0.241 e. The zero-order chi connectivity index (χ0) is 16.9. The van der Waals surface area contributed by atoms with Crippen LogP contribution in [0.5, 0.6) is 5.75 Å². The third-order valence-corrected chi connectivity index (χ3v) is 4.43. The summed E-state index contributed by atoms with van der Waals surface area (Å²) < 4.78 is 5.13. The summed E-state index contributed by atoms with van der Waals surface area (Å²) in [6, 6.07) is 17.7. The van der Waals surface area contributed by atoms with Gasteiger partial charge in [-0.05, 0) is 55.5 Å². The summed E-state index contributed by atoms with van der Waals surface area (Å²) in [6.07, 6.45) is 2.44. The quantitative estimate of drug-likeness (QED) is 0.815. The minimum atomic E-state index is -0.266. The molecule has 2 aromatic carbocycles. The van der Waals surface area contributed by atoms with Crippen LogP contribution in [-0.2, 0) is 4.79 Å². The number of rotatable bonds is 7. The Bertz CT molecular complexity index is 666. The molecule has 1 aliphatic carbocycles. The molecule has 0 aromatic heterocycles. The molecule has 0 heterocycles. The third-order valence-electron chi connectivity index (χ3n) is 4.43. The predicted molar refractivity (Wildman–Crippen MR) is 96.1 cm³/mol. The molecule has 0 aliphatic heterocycles. The van der Waals surface area contributed by atoms with E-state index in [9.17, 15) is 4.79 Å². The Kier molecular flexibility index (Phi) is 5.16. The van der Waals surface area contributed by atoms with Crippen LogP contribution >= 0.6 is 0 Å². The highest BCUT2D eigenvalue weighted by Gasteiger charge is 2.33. The van der Waals surface area contributed by atoms with E-state index >= 15 is 0 Å². The number of methoxy groups -OCH3 is 1. The molecule has 0 radical (unpaired) electrons. The molecule has 3 rings (SSSR count). The van der Waals surface area contributed by atoms with Crippen molar-refractivity contribution in [3.63, 3.8) is 0 Å². The minimum absolute atomic E-state index is 0.0262. The Hall–Kier alpha value is -2.33. The van der Waals surface area contributed by atoms with E-state index < -0.39 is 0 Å². The minimum Gasteiger partial charge on any atom is -0.497 e. The second-order valence-corrected chi connectivity index (χ2v) is 6.33. The van der Waals surface area contributed by atoms with Crippen molar-refractivity contribution in [1.82, 2.24) is 5.32 Å². The van der Waals surface area contributed by atoms with Gasteiger partial charge in [0.25, 0.3) is 0 Å². The maximum atomic E-state index is 12.5. The monoisotopic (exact) mass is 324 g/mol. The summed E-state index contributed by atoms with van der Waals surface area (Å²) in [6.45, 7) is 1.91. The second kappa shape index (κ2) is 7.49. The summed E-state index contributed by atoms with van der Waals surface area (Å²) in [7, 11) is 1.63. The summed E-state index contributed by atoms with van der Waals surface area (Å²) in [5.41, 5.74) is 2.03. The number of ether oxygens (including phenoxy) is 1. The number of carbonyl (C=O) groups excluding carboxylic acids is 1. The second-order valence-electron chi connectivity index (χ2n) is 6.33. The molecular formula is C20H24N2O2. The van der Waals surface area contributed by atoms with Gasteiger partial charge in [0.15, 0.2) is 0 Å². The molecule has 2 N–H and O–H groups in total. The molecule has 24 heavy (non-hydrogen) atoms. The molecule has 2 aromatic rings. The van der Waals surface area contributed by atoms with Crippen LogP contribution in [-0.4, -0.2) is 19.1 Å². The number of hydrogen-bond acceptors (Lipinski definition) is 3. The van der Waals surface area contributed by atoms with Crippen LogP contribution in [0, 0.1) is 5.92 Å². The lowest BCUT2D eigenvalue weighted by molar-refractivity contribution is -0.118. The number of hydrogen-bond donors (Lipinski definition) is 2. The average Bonchev–Trinajstić information content (AvgIpc) is 3.45. The molecule has 2 atom stereocenters. The normalized spacial score (nSPS) is 16.2. The van der Waals surface area contributed by atoms with E-state index in [4.69, 9.17) is 4.74 Å². The van der Waals surface area contributed by atoms with Crippen molar-refractivity contribution >= 4 is 11.6 Å². The van der Waals surface area contributed by atoms with Gasteiger partial charge in [-0.15, -0.1) is 0 Å². The molecule has 1 saturated carbocycles. The maximum Gasteiger partial charge on any atom is 0.241 e. The van der Waals surface area contributed by atoms with Crippen molar-refractivity contribution in [3.8, 4) is 5.75 Å². The lowest BCUT2D eigenvalue weighted by atomic mass is 10.0. The Labute approximate surface area is 143 Å². The van der Waals surface area contributed by atoms with E-state index in [2.05, 4.69) is 34.9 Å². The van der Waals surface area contributed by atoms with E-state index in [0.717, 1.165) is 11.4 Å². The molecule has 4 nitrogen and oxygen atoms in total. The van der Waals surface area contributed by atoms with Crippen LogP contribution in [0.2, 0.25) is 0 Å². The Morgan fingerprint density at radius 1 is 1.08 bits per heavy atom. The van der Waals surface area contributed by atoms with E-state index in [1.807, 2.05) is 37.3 Å². The van der Waals surface area contributed by atoms with Crippen LogP contribution in [0.1, 0.15) is 31.4 Å². The summed E-state index contributed by atoms with van der Waals surface area (Å²) in [5, 5.41) is 6.45. The van der Waals surface area contributed by atoms with Gasteiger partial charge in [-0.1, -0.05) is 30.3 Å². The SMILES string of the molecule is COc1ccc(NC(=O)C(C)NC(c2ccccc2)C2CC2)cc1. The van der Waals surface area contributed by atoms with Crippen molar-refractivity contribution in [2.45, 2.75) is 31.8 Å². The standard InChI is InChI=1S/C20H24N2O2/c1-14(20(23)22-17-10-12-18(24-2)13-11-17)21-19(16-8-9-16)15-6-4-3-5-7-15/h3-7,10-14,16,19,21H,8-9H2,1-2H3,(H,22,23). The van der Waals surface area contributed by atoms with Crippen LogP contribution in [0.4, 0.5) is 5.69 Å². The maximum absolute atomic E-state index is 12.5. The lowest BCUT2D eigenvalue weighted by Crippen LogP contribution is -2.40. The predicted octanol–water partition coefficient (Wildman–Crippen LogP) is 3.76. The number of anilines is 1. The first-order valence-electron chi connectivity index (χ1n) is 8.43. The largest absolute Gasteiger partial charge is 0.497 e. The first kappa shape index (κ1) is 16.5. The van der Waals surface area contributed by atoms with Gasteiger partial charge in [0.1, 0.15) is 5.75 Å². The van der Waals surface area contributed by atoms with E-state index in [-0.39, 0.29) is 18.0 Å². The van der Waals surface area contributed by atoms with E-state index in [1.165, 1.54) is 18.4 Å². The highest BCUT2D eigenvalue weighted by molar-refractivity contribution is 5.94. The van der Waals surface area contributed by atoms with Gasteiger partial charge in [-0.2, -0.15) is 0 Å². The van der Waals surface area contributed by atoms with Crippen molar-refractivity contribution in [3.05, 3.63) is 60.2 Å². The third kappa shape index (κ3) is 4.15. The van der Waals surface area contributed by atoms with Crippen LogP contribution in [0.15, 0.2) is 54.6 Å². The zero-order valence-electron chi connectivity index (χ0n) is 14.2.